The number of hydrogen-bond donors (Lipinski definition) is 2. The average Bonchev–Trinajstić information content (AvgIpc) is 2.49. The zero-order valence-electron chi connectivity index (χ0n) is 12.6. The first-order valence-corrected chi connectivity index (χ1v) is 7.67. The van der Waals surface area contributed by atoms with Crippen molar-refractivity contribution >= 4 is 10.8 Å². The largest absolute Gasteiger partial charge is 0.497 e. The number of benzene rings is 2. The number of methoxy groups -OCH3 is 1. The minimum absolute atomic E-state index is 0.170. The minimum Gasteiger partial charge on any atom is -0.497 e. The summed E-state index contributed by atoms with van der Waals surface area (Å²) in [6.45, 7) is 1.13. The zero-order valence-corrected chi connectivity index (χ0v) is 12.6. The molecule has 21 heavy (non-hydrogen) atoms. The Hall–Kier alpha value is -1.58. The second kappa shape index (κ2) is 6.04. The molecule has 0 heterocycles. The molecule has 1 fully saturated rings. The van der Waals surface area contributed by atoms with E-state index in [9.17, 15) is 5.11 Å². The second-order valence-corrected chi connectivity index (χ2v) is 6.01. The molecule has 2 aromatic carbocycles. The number of ether oxygens (including phenoxy) is 1. The lowest BCUT2D eigenvalue weighted by Gasteiger charge is -2.42. The van der Waals surface area contributed by atoms with Crippen LogP contribution in [-0.2, 0) is 6.54 Å². The molecule has 3 rings (SSSR count). The molecule has 0 aliphatic heterocycles. The van der Waals surface area contributed by atoms with Crippen molar-refractivity contribution in [3.8, 4) is 5.75 Å². The quantitative estimate of drug-likeness (QED) is 0.856. The molecule has 0 spiro atoms. The van der Waals surface area contributed by atoms with Gasteiger partial charge in [-0.25, -0.2) is 0 Å². The molecule has 3 heteroatoms. The maximum Gasteiger partial charge on any atom is 0.119 e. The van der Waals surface area contributed by atoms with Gasteiger partial charge in [0.25, 0.3) is 0 Å². The Morgan fingerprint density at radius 3 is 2.57 bits per heavy atom. The molecule has 2 aromatic rings. The molecular weight excluding hydrogens is 262 g/mol. The van der Waals surface area contributed by atoms with Gasteiger partial charge in [-0.3, -0.25) is 0 Å². The number of nitrogens with one attached hydrogen (secondary N) is 1. The van der Waals surface area contributed by atoms with Gasteiger partial charge in [-0.05, 0) is 60.2 Å². The topological polar surface area (TPSA) is 41.5 Å². The summed E-state index contributed by atoms with van der Waals surface area (Å²) in [7, 11) is 1.69. The van der Waals surface area contributed by atoms with Gasteiger partial charge >= 0.3 is 0 Å². The maximum absolute atomic E-state index is 9.20. The SMILES string of the molecule is COc1ccc2cc(CNC3(CCO)CCC3)ccc2c1. The van der Waals surface area contributed by atoms with Crippen molar-refractivity contribution in [3.63, 3.8) is 0 Å². The van der Waals surface area contributed by atoms with E-state index in [1.807, 2.05) is 6.07 Å². The van der Waals surface area contributed by atoms with Crippen LogP contribution in [0.15, 0.2) is 36.4 Å². The highest BCUT2D eigenvalue weighted by atomic mass is 16.5. The summed E-state index contributed by atoms with van der Waals surface area (Å²) in [4.78, 5) is 0. The highest BCUT2D eigenvalue weighted by Crippen LogP contribution is 2.35. The molecule has 0 bridgehead atoms. The molecule has 112 valence electrons. The van der Waals surface area contributed by atoms with Gasteiger partial charge in [-0.2, -0.15) is 0 Å². The predicted octanol–water partition coefficient (Wildman–Crippen LogP) is 3.24. The molecule has 1 saturated carbocycles. The average molecular weight is 285 g/mol. The predicted molar refractivity (Wildman–Crippen MR) is 85.6 cm³/mol. The fourth-order valence-corrected chi connectivity index (χ4v) is 3.13. The van der Waals surface area contributed by atoms with E-state index in [0.717, 1.165) is 18.7 Å². The number of rotatable bonds is 6. The summed E-state index contributed by atoms with van der Waals surface area (Å²) in [6.07, 6.45) is 4.49. The van der Waals surface area contributed by atoms with Crippen LogP contribution in [0.4, 0.5) is 0 Å². The van der Waals surface area contributed by atoms with Crippen LogP contribution in [-0.4, -0.2) is 24.4 Å². The van der Waals surface area contributed by atoms with E-state index < -0.39 is 0 Å². The lowest BCUT2D eigenvalue weighted by atomic mass is 9.74. The van der Waals surface area contributed by atoms with E-state index >= 15 is 0 Å². The lowest BCUT2D eigenvalue weighted by Crippen LogP contribution is -2.51. The summed E-state index contributed by atoms with van der Waals surface area (Å²) in [6, 6.07) is 12.7. The summed E-state index contributed by atoms with van der Waals surface area (Å²) in [5.41, 5.74) is 1.46. The molecule has 0 radical (unpaired) electrons. The Bertz CT molecular complexity index is 620. The van der Waals surface area contributed by atoms with Crippen molar-refractivity contribution in [2.45, 2.75) is 37.8 Å². The Labute approximate surface area is 125 Å². The molecule has 0 unspecified atom stereocenters. The van der Waals surface area contributed by atoms with Gasteiger partial charge in [0.05, 0.1) is 7.11 Å². The second-order valence-electron chi connectivity index (χ2n) is 6.01. The molecule has 0 amide bonds. The Balaban J connectivity index is 1.72. The molecule has 0 atom stereocenters. The molecule has 1 aliphatic carbocycles. The van der Waals surface area contributed by atoms with E-state index in [4.69, 9.17) is 4.74 Å². The van der Waals surface area contributed by atoms with E-state index in [2.05, 4.69) is 35.6 Å². The van der Waals surface area contributed by atoms with Crippen LogP contribution in [0.3, 0.4) is 0 Å². The third-order valence-electron chi connectivity index (χ3n) is 4.68. The number of fused-ring (bicyclic) bond motifs is 1. The molecular formula is C18H23NO2. The first-order chi connectivity index (χ1) is 10.2. The van der Waals surface area contributed by atoms with Crippen LogP contribution in [0.5, 0.6) is 5.75 Å². The van der Waals surface area contributed by atoms with Crippen LogP contribution in [0.25, 0.3) is 10.8 Å². The van der Waals surface area contributed by atoms with Gasteiger partial charge < -0.3 is 15.2 Å². The number of hydrogen-bond acceptors (Lipinski definition) is 3. The van der Waals surface area contributed by atoms with Gasteiger partial charge in [0.1, 0.15) is 5.75 Å². The van der Waals surface area contributed by atoms with Crippen molar-refractivity contribution in [2.24, 2.45) is 0 Å². The minimum atomic E-state index is 0.170. The Kier molecular flexibility index (Phi) is 4.13. The molecule has 1 aliphatic rings. The molecule has 0 saturated heterocycles. The van der Waals surface area contributed by atoms with E-state index in [0.29, 0.717) is 0 Å². The third kappa shape index (κ3) is 3.04. The fourth-order valence-electron chi connectivity index (χ4n) is 3.13. The van der Waals surface area contributed by atoms with Crippen LogP contribution >= 0.6 is 0 Å². The summed E-state index contributed by atoms with van der Waals surface area (Å²) in [5, 5.41) is 15.3. The van der Waals surface area contributed by atoms with Gasteiger partial charge in [-0.15, -0.1) is 0 Å². The smallest absolute Gasteiger partial charge is 0.119 e. The normalized spacial score (nSPS) is 16.7. The summed E-state index contributed by atoms with van der Waals surface area (Å²) >= 11 is 0. The van der Waals surface area contributed by atoms with Crippen molar-refractivity contribution in [1.82, 2.24) is 5.32 Å². The van der Waals surface area contributed by atoms with E-state index in [1.165, 1.54) is 35.6 Å². The van der Waals surface area contributed by atoms with Gasteiger partial charge in [-0.1, -0.05) is 18.2 Å². The highest BCUT2D eigenvalue weighted by Gasteiger charge is 2.35. The van der Waals surface area contributed by atoms with Crippen molar-refractivity contribution in [3.05, 3.63) is 42.0 Å². The third-order valence-corrected chi connectivity index (χ3v) is 4.68. The van der Waals surface area contributed by atoms with E-state index in [1.54, 1.807) is 7.11 Å². The maximum atomic E-state index is 9.20. The Morgan fingerprint density at radius 1 is 1.14 bits per heavy atom. The summed E-state index contributed by atoms with van der Waals surface area (Å²) < 4.78 is 5.26. The van der Waals surface area contributed by atoms with Crippen molar-refractivity contribution in [2.75, 3.05) is 13.7 Å². The van der Waals surface area contributed by atoms with Crippen LogP contribution in [0.1, 0.15) is 31.2 Å². The van der Waals surface area contributed by atoms with Gasteiger partial charge in [0.15, 0.2) is 0 Å². The van der Waals surface area contributed by atoms with Crippen molar-refractivity contribution < 1.29 is 9.84 Å². The first kappa shape index (κ1) is 14.4. The molecule has 0 aromatic heterocycles. The standard InChI is InChI=1S/C18H23NO2/c1-21-17-6-5-15-11-14(3-4-16(15)12-17)13-19-18(9-10-20)7-2-8-18/h3-6,11-12,19-20H,2,7-10,13H2,1H3. The zero-order chi connectivity index (χ0) is 14.7. The van der Waals surface area contributed by atoms with Gasteiger partial charge in [0.2, 0.25) is 0 Å². The van der Waals surface area contributed by atoms with Crippen molar-refractivity contribution in [1.29, 1.82) is 0 Å². The van der Waals surface area contributed by atoms with Crippen LogP contribution in [0, 0.1) is 0 Å². The van der Waals surface area contributed by atoms with Crippen LogP contribution in [0.2, 0.25) is 0 Å². The number of aliphatic hydroxyl groups excluding tert-OH is 1. The van der Waals surface area contributed by atoms with Crippen LogP contribution < -0.4 is 10.1 Å². The molecule has 2 N–H and O–H groups in total. The number of aliphatic hydroxyl groups is 1. The van der Waals surface area contributed by atoms with E-state index in [-0.39, 0.29) is 12.1 Å². The highest BCUT2D eigenvalue weighted by molar-refractivity contribution is 5.84. The fraction of sp³-hybridized carbons (Fsp3) is 0.444. The lowest BCUT2D eigenvalue weighted by molar-refractivity contribution is 0.130. The monoisotopic (exact) mass is 285 g/mol. The molecule has 3 nitrogen and oxygen atoms in total. The Morgan fingerprint density at radius 2 is 1.90 bits per heavy atom. The summed E-state index contributed by atoms with van der Waals surface area (Å²) in [5.74, 6) is 0.893. The first-order valence-electron chi connectivity index (χ1n) is 7.67. The van der Waals surface area contributed by atoms with Gasteiger partial charge in [0, 0.05) is 18.7 Å².